The Hall–Kier alpha value is -4.06. The summed E-state index contributed by atoms with van der Waals surface area (Å²) in [6.45, 7) is 4.57. The van der Waals surface area contributed by atoms with Crippen molar-refractivity contribution in [2.24, 2.45) is 5.92 Å². The number of aliphatic hydroxyl groups excluding tert-OH is 1. The van der Waals surface area contributed by atoms with Crippen LogP contribution in [0, 0.1) is 5.92 Å². The third-order valence-electron chi connectivity index (χ3n) is 5.39. The lowest BCUT2D eigenvalue weighted by Gasteiger charge is -2.26. The van der Waals surface area contributed by atoms with E-state index in [0.29, 0.717) is 29.4 Å². The highest BCUT2D eigenvalue weighted by Crippen LogP contribution is 2.44. The molecule has 1 aliphatic rings. The molecule has 3 aromatic rings. The Morgan fingerprint density at radius 2 is 1.67 bits per heavy atom. The maximum absolute atomic E-state index is 13.2. The highest BCUT2D eigenvalue weighted by atomic mass is 16.5. The van der Waals surface area contributed by atoms with E-state index in [1.54, 1.807) is 66.7 Å². The minimum absolute atomic E-state index is 0.0459. The van der Waals surface area contributed by atoms with Gasteiger partial charge in [0, 0.05) is 5.56 Å². The van der Waals surface area contributed by atoms with E-state index in [9.17, 15) is 19.8 Å². The van der Waals surface area contributed by atoms with Gasteiger partial charge in [-0.15, -0.1) is 0 Å². The lowest BCUT2D eigenvalue weighted by Crippen LogP contribution is -2.29. The van der Waals surface area contributed by atoms with Gasteiger partial charge in [-0.2, -0.15) is 0 Å². The molecule has 168 valence electrons. The zero-order chi connectivity index (χ0) is 23.5. The second kappa shape index (κ2) is 9.20. The van der Waals surface area contributed by atoms with Gasteiger partial charge in [0.25, 0.3) is 11.7 Å². The van der Waals surface area contributed by atoms with E-state index in [1.807, 2.05) is 19.9 Å². The van der Waals surface area contributed by atoms with Gasteiger partial charge in [-0.1, -0.05) is 68.4 Å². The molecule has 0 saturated carbocycles. The van der Waals surface area contributed by atoms with Crippen LogP contribution in [0.4, 0.5) is 5.69 Å². The van der Waals surface area contributed by atoms with Crippen LogP contribution < -0.4 is 9.64 Å². The van der Waals surface area contributed by atoms with Crippen molar-refractivity contribution in [3.63, 3.8) is 0 Å². The Morgan fingerprint density at radius 1 is 0.970 bits per heavy atom. The molecule has 4 rings (SSSR count). The summed E-state index contributed by atoms with van der Waals surface area (Å²) in [6.07, 6.45) is 0. The average molecular weight is 443 g/mol. The minimum Gasteiger partial charge on any atom is -0.507 e. The molecule has 1 aliphatic heterocycles. The Bertz CT molecular complexity index is 1220. The molecule has 1 fully saturated rings. The number of phenols is 1. The Labute approximate surface area is 192 Å². The molecule has 0 radical (unpaired) electrons. The molecule has 3 aromatic carbocycles. The van der Waals surface area contributed by atoms with Gasteiger partial charge < -0.3 is 14.9 Å². The number of hydrogen-bond acceptors (Lipinski definition) is 5. The maximum Gasteiger partial charge on any atom is 0.300 e. The van der Waals surface area contributed by atoms with E-state index in [-0.39, 0.29) is 22.8 Å². The number of phenolic OH excluding ortho intramolecular Hbond substituents is 1. The lowest BCUT2D eigenvalue weighted by molar-refractivity contribution is -0.132. The summed E-state index contributed by atoms with van der Waals surface area (Å²) in [7, 11) is 0. The normalized spacial score (nSPS) is 17.5. The number of aromatic hydroxyl groups is 1. The molecule has 1 saturated heterocycles. The number of rotatable bonds is 6. The number of nitrogens with zero attached hydrogens (tertiary/aromatic N) is 1. The zero-order valence-corrected chi connectivity index (χ0v) is 18.4. The highest BCUT2D eigenvalue weighted by Gasteiger charge is 2.47. The van der Waals surface area contributed by atoms with Crippen molar-refractivity contribution in [2.75, 3.05) is 11.5 Å². The van der Waals surface area contributed by atoms with Crippen LogP contribution in [-0.4, -0.2) is 28.5 Å². The topological polar surface area (TPSA) is 87.1 Å². The first-order valence-electron chi connectivity index (χ1n) is 10.8. The number of carbonyl (C=O) groups is 2. The van der Waals surface area contributed by atoms with E-state index < -0.39 is 17.7 Å². The number of ketones is 1. The molecule has 6 heteroatoms. The number of carbonyl (C=O) groups excluding carboxylic acids is 2. The summed E-state index contributed by atoms with van der Waals surface area (Å²) in [6, 6.07) is 21.2. The molecular formula is C27H25NO5. The monoisotopic (exact) mass is 443 g/mol. The summed E-state index contributed by atoms with van der Waals surface area (Å²) < 4.78 is 5.76. The molecule has 1 unspecified atom stereocenters. The molecular weight excluding hydrogens is 418 g/mol. The SMILES string of the molecule is CC(C)COc1cccc(/C(O)=C2\C(=O)C(=O)N(c3ccccc3O)C2c2ccccc2)c1. The summed E-state index contributed by atoms with van der Waals surface area (Å²) in [5.74, 6) is -1.19. The largest absolute Gasteiger partial charge is 0.507 e. The second-order valence-electron chi connectivity index (χ2n) is 8.30. The van der Waals surface area contributed by atoms with Crippen molar-refractivity contribution in [3.8, 4) is 11.5 Å². The Morgan fingerprint density at radius 3 is 2.36 bits per heavy atom. The summed E-state index contributed by atoms with van der Waals surface area (Å²) in [5, 5.41) is 21.7. The van der Waals surface area contributed by atoms with Crippen LogP contribution in [0.3, 0.4) is 0 Å². The van der Waals surface area contributed by atoms with Crippen LogP contribution in [0.2, 0.25) is 0 Å². The predicted molar refractivity (Wildman–Crippen MR) is 126 cm³/mol. The first-order chi connectivity index (χ1) is 15.9. The van der Waals surface area contributed by atoms with Crippen molar-refractivity contribution in [3.05, 3.63) is 95.6 Å². The fourth-order valence-electron chi connectivity index (χ4n) is 3.85. The fraction of sp³-hybridized carbons (Fsp3) is 0.185. The van der Waals surface area contributed by atoms with Gasteiger partial charge in [0.05, 0.1) is 23.9 Å². The molecule has 2 N–H and O–H groups in total. The Kier molecular flexibility index (Phi) is 6.18. The molecule has 0 spiro atoms. The molecule has 6 nitrogen and oxygen atoms in total. The first kappa shape index (κ1) is 22.1. The number of Topliss-reactive ketones (excluding diaryl/α,β-unsaturated/α-hetero) is 1. The second-order valence-corrected chi connectivity index (χ2v) is 8.30. The van der Waals surface area contributed by atoms with Gasteiger partial charge in [-0.3, -0.25) is 14.5 Å². The summed E-state index contributed by atoms with van der Waals surface area (Å²) in [5.41, 5.74) is 1.15. The van der Waals surface area contributed by atoms with Crippen molar-refractivity contribution in [1.29, 1.82) is 0 Å². The van der Waals surface area contributed by atoms with Crippen molar-refractivity contribution < 1.29 is 24.5 Å². The minimum atomic E-state index is -0.903. The molecule has 0 bridgehead atoms. The molecule has 1 heterocycles. The third-order valence-corrected chi connectivity index (χ3v) is 5.39. The smallest absolute Gasteiger partial charge is 0.300 e. The van der Waals surface area contributed by atoms with Crippen molar-refractivity contribution in [2.45, 2.75) is 19.9 Å². The number of anilines is 1. The highest BCUT2D eigenvalue weighted by molar-refractivity contribution is 6.51. The van der Waals surface area contributed by atoms with E-state index in [0.717, 1.165) is 0 Å². The number of aliphatic hydroxyl groups is 1. The van der Waals surface area contributed by atoms with Gasteiger partial charge in [-0.25, -0.2) is 0 Å². The third kappa shape index (κ3) is 4.32. The maximum atomic E-state index is 13.2. The number of amides is 1. The van der Waals surface area contributed by atoms with Crippen LogP contribution in [0.1, 0.15) is 31.0 Å². The zero-order valence-electron chi connectivity index (χ0n) is 18.4. The van der Waals surface area contributed by atoms with Gasteiger partial charge in [-0.05, 0) is 35.7 Å². The van der Waals surface area contributed by atoms with E-state index in [1.165, 1.54) is 11.0 Å². The quantitative estimate of drug-likeness (QED) is 0.316. The first-order valence-corrected chi connectivity index (χ1v) is 10.8. The fourth-order valence-corrected chi connectivity index (χ4v) is 3.85. The van der Waals surface area contributed by atoms with E-state index in [2.05, 4.69) is 0 Å². The van der Waals surface area contributed by atoms with Gasteiger partial charge in [0.2, 0.25) is 0 Å². The van der Waals surface area contributed by atoms with Crippen molar-refractivity contribution >= 4 is 23.1 Å². The average Bonchev–Trinajstić information content (AvgIpc) is 3.08. The Balaban J connectivity index is 1.86. The standard InChI is InChI=1S/C27H25NO5/c1-17(2)16-33-20-12-8-11-19(15-20)25(30)23-24(18-9-4-3-5-10-18)28(27(32)26(23)31)21-13-6-7-14-22(21)29/h3-15,17,24,29-30H,16H2,1-2H3/b25-23+. The van der Waals surface area contributed by atoms with Gasteiger partial charge >= 0.3 is 0 Å². The van der Waals surface area contributed by atoms with E-state index in [4.69, 9.17) is 4.74 Å². The van der Waals surface area contributed by atoms with Crippen LogP contribution in [-0.2, 0) is 9.59 Å². The molecule has 1 amide bonds. The van der Waals surface area contributed by atoms with Crippen LogP contribution >= 0.6 is 0 Å². The molecule has 1 atom stereocenters. The van der Waals surface area contributed by atoms with Crippen LogP contribution in [0.5, 0.6) is 11.5 Å². The summed E-state index contributed by atoms with van der Waals surface area (Å²) in [4.78, 5) is 27.5. The number of benzene rings is 3. The molecule has 33 heavy (non-hydrogen) atoms. The lowest BCUT2D eigenvalue weighted by atomic mass is 9.95. The predicted octanol–water partition coefficient (Wildman–Crippen LogP) is 5.05. The van der Waals surface area contributed by atoms with Crippen molar-refractivity contribution in [1.82, 2.24) is 0 Å². The molecule has 0 aliphatic carbocycles. The number of ether oxygens (including phenoxy) is 1. The number of hydrogen-bond donors (Lipinski definition) is 2. The molecule has 0 aromatic heterocycles. The summed E-state index contributed by atoms with van der Waals surface area (Å²) >= 11 is 0. The van der Waals surface area contributed by atoms with Gasteiger partial charge in [0.1, 0.15) is 17.3 Å². The van der Waals surface area contributed by atoms with Crippen LogP contribution in [0.25, 0.3) is 5.76 Å². The number of para-hydroxylation sites is 2. The van der Waals surface area contributed by atoms with Crippen LogP contribution in [0.15, 0.2) is 84.4 Å². The van der Waals surface area contributed by atoms with E-state index >= 15 is 0 Å². The van der Waals surface area contributed by atoms with Gasteiger partial charge in [0.15, 0.2) is 0 Å².